The van der Waals surface area contributed by atoms with E-state index in [1.165, 1.54) is 44.9 Å². The number of carbonyl (C=O) groups excluding carboxylic acids is 1. The van der Waals surface area contributed by atoms with E-state index < -0.39 is 0 Å². The summed E-state index contributed by atoms with van der Waals surface area (Å²) in [4.78, 5) is 11.9. The molecule has 0 aliphatic heterocycles. The van der Waals surface area contributed by atoms with Crippen molar-refractivity contribution in [1.82, 2.24) is 0 Å². The molecule has 0 atom stereocenters. The van der Waals surface area contributed by atoms with Crippen LogP contribution in [0, 0.1) is 0 Å². The van der Waals surface area contributed by atoms with Gasteiger partial charge in [0.15, 0.2) is 0 Å². The average molecular weight is 397 g/mol. The molecule has 29 heavy (non-hydrogen) atoms. The first-order valence-electron chi connectivity index (χ1n) is 11.2. The highest BCUT2D eigenvalue weighted by molar-refractivity contribution is 5.90. The second kappa shape index (κ2) is 13.8. The Morgan fingerprint density at radius 1 is 0.655 bits per heavy atom. The van der Waals surface area contributed by atoms with Crippen LogP contribution in [0.25, 0.3) is 11.1 Å². The molecule has 0 unspecified atom stereocenters. The second-order valence-electron chi connectivity index (χ2n) is 7.56. The molecule has 0 heterocycles. The summed E-state index contributed by atoms with van der Waals surface area (Å²) in [6.07, 6.45) is 11.3. The van der Waals surface area contributed by atoms with Crippen molar-refractivity contribution in [2.24, 2.45) is 0 Å². The molecule has 0 radical (unpaired) electrons. The third-order valence-electron chi connectivity index (χ3n) is 5.01. The Labute approximate surface area is 176 Å². The van der Waals surface area contributed by atoms with Gasteiger partial charge in [0.25, 0.3) is 0 Å². The monoisotopic (exact) mass is 396 g/mol. The van der Waals surface area contributed by atoms with Crippen molar-refractivity contribution in [2.75, 3.05) is 13.2 Å². The molecule has 0 aromatic heterocycles. The summed E-state index contributed by atoms with van der Waals surface area (Å²) in [6, 6.07) is 15.7. The Morgan fingerprint density at radius 3 is 1.79 bits per heavy atom. The Kier molecular flexibility index (Phi) is 11.0. The van der Waals surface area contributed by atoms with Gasteiger partial charge in [-0.05, 0) is 48.2 Å². The van der Waals surface area contributed by atoms with Crippen molar-refractivity contribution in [3.05, 3.63) is 54.1 Å². The maximum Gasteiger partial charge on any atom is 0.338 e. The molecule has 0 saturated carbocycles. The van der Waals surface area contributed by atoms with Crippen LogP contribution in [0.1, 0.15) is 82.0 Å². The van der Waals surface area contributed by atoms with E-state index in [0.717, 1.165) is 36.3 Å². The van der Waals surface area contributed by atoms with Crippen LogP contribution in [0.4, 0.5) is 0 Å². The molecule has 3 nitrogen and oxygen atoms in total. The van der Waals surface area contributed by atoms with Crippen LogP contribution in [-0.2, 0) is 4.74 Å². The molecule has 0 fully saturated rings. The fourth-order valence-corrected chi connectivity index (χ4v) is 3.25. The summed E-state index contributed by atoms with van der Waals surface area (Å²) in [7, 11) is 0. The maximum absolute atomic E-state index is 11.9. The summed E-state index contributed by atoms with van der Waals surface area (Å²) in [6.45, 7) is 5.48. The van der Waals surface area contributed by atoms with Crippen LogP contribution in [0.3, 0.4) is 0 Å². The van der Waals surface area contributed by atoms with Gasteiger partial charge in [-0.15, -0.1) is 0 Å². The lowest BCUT2D eigenvalue weighted by atomic mass is 10.0. The lowest BCUT2D eigenvalue weighted by Gasteiger charge is -2.08. The molecule has 0 saturated heterocycles. The van der Waals surface area contributed by atoms with Gasteiger partial charge in [0.05, 0.1) is 18.8 Å². The van der Waals surface area contributed by atoms with E-state index in [2.05, 4.69) is 19.1 Å². The minimum Gasteiger partial charge on any atom is -0.494 e. The number of benzene rings is 2. The van der Waals surface area contributed by atoms with Gasteiger partial charge in [-0.25, -0.2) is 4.79 Å². The maximum atomic E-state index is 11.9. The smallest absolute Gasteiger partial charge is 0.338 e. The van der Waals surface area contributed by atoms with E-state index in [1.54, 1.807) is 0 Å². The zero-order valence-corrected chi connectivity index (χ0v) is 18.1. The van der Waals surface area contributed by atoms with Gasteiger partial charge in [0, 0.05) is 0 Å². The predicted molar refractivity (Wildman–Crippen MR) is 121 cm³/mol. The molecule has 0 N–H and O–H groups in total. The SMILES string of the molecule is CCCCCCCCCCOc1ccc(-c2ccc(C(=O)OCCC)cc2)cc1. The van der Waals surface area contributed by atoms with E-state index in [-0.39, 0.29) is 5.97 Å². The van der Waals surface area contributed by atoms with Gasteiger partial charge in [-0.3, -0.25) is 0 Å². The first-order valence-corrected chi connectivity index (χ1v) is 11.2. The van der Waals surface area contributed by atoms with E-state index >= 15 is 0 Å². The number of esters is 1. The van der Waals surface area contributed by atoms with Crippen molar-refractivity contribution in [3.63, 3.8) is 0 Å². The Hall–Kier alpha value is -2.29. The van der Waals surface area contributed by atoms with E-state index in [1.807, 2.05) is 43.3 Å². The van der Waals surface area contributed by atoms with Crippen molar-refractivity contribution < 1.29 is 14.3 Å². The number of ether oxygens (including phenoxy) is 2. The molecule has 2 rings (SSSR count). The molecule has 3 heteroatoms. The van der Waals surface area contributed by atoms with Crippen LogP contribution >= 0.6 is 0 Å². The van der Waals surface area contributed by atoms with Crippen molar-refractivity contribution in [1.29, 1.82) is 0 Å². The van der Waals surface area contributed by atoms with Crippen LogP contribution in [-0.4, -0.2) is 19.2 Å². The van der Waals surface area contributed by atoms with Gasteiger partial charge in [0.2, 0.25) is 0 Å². The van der Waals surface area contributed by atoms with Gasteiger partial charge < -0.3 is 9.47 Å². The summed E-state index contributed by atoms with van der Waals surface area (Å²) in [5.41, 5.74) is 2.78. The minimum atomic E-state index is -0.261. The molecular weight excluding hydrogens is 360 g/mol. The predicted octanol–water partition coefficient (Wildman–Crippen LogP) is 7.44. The number of hydrogen-bond donors (Lipinski definition) is 0. The molecule has 0 amide bonds. The number of rotatable bonds is 14. The largest absolute Gasteiger partial charge is 0.494 e. The molecule has 0 aliphatic carbocycles. The fourth-order valence-electron chi connectivity index (χ4n) is 3.25. The molecule has 2 aromatic rings. The van der Waals surface area contributed by atoms with Crippen LogP contribution < -0.4 is 4.74 Å². The number of hydrogen-bond acceptors (Lipinski definition) is 3. The zero-order chi connectivity index (χ0) is 20.7. The summed E-state index contributed by atoms with van der Waals surface area (Å²) >= 11 is 0. The highest BCUT2D eigenvalue weighted by atomic mass is 16.5. The normalized spacial score (nSPS) is 10.7. The first-order chi connectivity index (χ1) is 14.2. The van der Waals surface area contributed by atoms with E-state index in [4.69, 9.17) is 9.47 Å². The number of unbranched alkanes of at least 4 members (excludes halogenated alkanes) is 7. The molecule has 2 aromatic carbocycles. The molecule has 0 bridgehead atoms. The van der Waals surface area contributed by atoms with Gasteiger partial charge >= 0.3 is 5.97 Å². The van der Waals surface area contributed by atoms with Crippen LogP contribution in [0.5, 0.6) is 5.75 Å². The molecule has 0 spiro atoms. The fraction of sp³-hybridized carbons (Fsp3) is 0.500. The van der Waals surface area contributed by atoms with Crippen LogP contribution in [0.2, 0.25) is 0 Å². The van der Waals surface area contributed by atoms with Crippen molar-refractivity contribution >= 4 is 5.97 Å². The molecule has 0 aliphatic rings. The highest BCUT2D eigenvalue weighted by Gasteiger charge is 2.07. The standard InChI is InChI=1S/C26H36O3/c1-3-5-6-7-8-9-10-11-21-28-25-18-16-23(17-19-25)22-12-14-24(15-13-22)26(27)29-20-4-2/h12-19H,3-11,20-21H2,1-2H3. The first kappa shape index (κ1) is 23.0. The van der Waals surface area contributed by atoms with Gasteiger partial charge in [-0.2, -0.15) is 0 Å². The minimum absolute atomic E-state index is 0.261. The van der Waals surface area contributed by atoms with E-state index in [0.29, 0.717) is 12.2 Å². The Bertz CT molecular complexity index is 689. The lowest BCUT2D eigenvalue weighted by Crippen LogP contribution is -2.05. The Morgan fingerprint density at radius 2 is 1.21 bits per heavy atom. The summed E-state index contributed by atoms with van der Waals surface area (Å²) < 4.78 is 11.0. The third-order valence-corrected chi connectivity index (χ3v) is 5.01. The Balaban J connectivity index is 1.71. The van der Waals surface area contributed by atoms with Crippen LogP contribution in [0.15, 0.2) is 48.5 Å². The quantitative estimate of drug-likeness (QED) is 0.246. The topological polar surface area (TPSA) is 35.5 Å². The summed E-state index contributed by atoms with van der Waals surface area (Å²) in [5, 5.41) is 0. The van der Waals surface area contributed by atoms with Gasteiger partial charge in [0.1, 0.15) is 5.75 Å². The third kappa shape index (κ3) is 8.72. The van der Waals surface area contributed by atoms with Gasteiger partial charge in [-0.1, -0.05) is 83.1 Å². The van der Waals surface area contributed by atoms with Crippen molar-refractivity contribution in [2.45, 2.75) is 71.6 Å². The number of carbonyl (C=O) groups is 1. The summed E-state index contributed by atoms with van der Waals surface area (Å²) in [5.74, 6) is 0.652. The zero-order valence-electron chi connectivity index (χ0n) is 18.1. The average Bonchev–Trinajstić information content (AvgIpc) is 2.77. The molecule has 158 valence electrons. The van der Waals surface area contributed by atoms with E-state index in [9.17, 15) is 4.79 Å². The lowest BCUT2D eigenvalue weighted by molar-refractivity contribution is 0.0505. The second-order valence-corrected chi connectivity index (χ2v) is 7.56. The van der Waals surface area contributed by atoms with Crippen molar-refractivity contribution in [3.8, 4) is 16.9 Å². The highest BCUT2D eigenvalue weighted by Crippen LogP contribution is 2.23. The molecular formula is C26H36O3.